The van der Waals surface area contributed by atoms with Crippen LogP contribution in [0.15, 0.2) is 30.7 Å². The van der Waals surface area contributed by atoms with E-state index in [1.54, 1.807) is 12.1 Å². The van der Waals surface area contributed by atoms with Crippen molar-refractivity contribution in [3.05, 3.63) is 53.0 Å². The number of ether oxygens (including phenoxy) is 2. The maximum atomic E-state index is 14.6. The number of aliphatic hydroxyl groups is 1. The van der Waals surface area contributed by atoms with Crippen molar-refractivity contribution in [2.24, 2.45) is 0 Å². The van der Waals surface area contributed by atoms with Crippen molar-refractivity contribution in [2.45, 2.75) is 32.2 Å². The summed E-state index contributed by atoms with van der Waals surface area (Å²) in [6.07, 6.45) is 2.45. The second-order valence-electron chi connectivity index (χ2n) is 10.0. The van der Waals surface area contributed by atoms with Gasteiger partial charge in [-0.3, -0.25) is 9.59 Å². The van der Waals surface area contributed by atoms with Crippen molar-refractivity contribution in [3.63, 3.8) is 0 Å². The molecule has 0 radical (unpaired) electrons. The fourth-order valence-electron chi connectivity index (χ4n) is 4.59. The molecular weight excluding hydrogens is 511 g/mol. The number of benzene rings is 1. The van der Waals surface area contributed by atoms with E-state index in [2.05, 4.69) is 15.4 Å². The number of halogens is 1. The molecule has 4 heterocycles. The fourth-order valence-corrected chi connectivity index (χ4v) is 4.59. The van der Waals surface area contributed by atoms with E-state index in [4.69, 9.17) is 9.47 Å². The molecule has 2 aromatic heterocycles. The minimum atomic E-state index is -1.63. The molecule has 206 valence electrons. The normalized spacial score (nSPS) is 16.4. The minimum Gasteiger partial charge on any atom is -0.465 e. The number of anilines is 2. The van der Waals surface area contributed by atoms with Crippen LogP contribution in [-0.2, 0) is 16.0 Å². The van der Waals surface area contributed by atoms with Gasteiger partial charge in [-0.25, -0.2) is 18.7 Å². The van der Waals surface area contributed by atoms with Crippen molar-refractivity contribution in [2.75, 3.05) is 50.2 Å². The predicted octanol–water partition coefficient (Wildman–Crippen LogP) is 1.67. The first-order chi connectivity index (χ1) is 18.6. The van der Waals surface area contributed by atoms with Gasteiger partial charge in [-0.1, -0.05) is 0 Å². The fraction of sp³-hybridized carbons (Fsp3) is 0.423. The van der Waals surface area contributed by atoms with Crippen molar-refractivity contribution in [1.82, 2.24) is 19.5 Å². The Bertz CT molecular complexity index is 1440. The highest BCUT2D eigenvalue weighted by molar-refractivity contribution is 6.10. The highest BCUT2D eigenvalue weighted by Crippen LogP contribution is 2.36. The number of nitrogens with zero attached hydrogens (tertiary/aromatic N) is 5. The Morgan fingerprint density at radius 3 is 2.69 bits per heavy atom. The number of rotatable bonds is 7. The number of fused-ring (bicyclic) bond motifs is 2. The molecule has 0 saturated carbocycles. The molecule has 12 nitrogen and oxygen atoms in total. The molecule has 2 aliphatic rings. The zero-order valence-electron chi connectivity index (χ0n) is 21.8. The van der Waals surface area contributed by atoms with Gasteiger partial charge in [0.25, 0.3) is 11.8 Å². The van der Waals surface area contributed by atoms with E-state index in [0.717, 1.165) is 0 Å². The van der Waals surface area contributed by atoms with Crippen LogP contribution < -0.4 is 10.2 Å². The zero-order chi connectivity index (χ0) is 27.9. The summed E-state index contributed by atoms with van der Waals surface area (Å²) in [6.45, 7) is 4.69. The number of nitrogens with one attached hydrogen (secondary N) is 1. The lowest BCUT2D eigenvalue weighted by Gasteiger charge is -2.31. The van der Waals surface area contributed by atoms with Crippen molar-refractivity contribution >= 4 is 34.8 Å². The van der Waals surface area contributed by atoms with Crippen LogP contribution in [-0.4, -0.2) is 94.1 Å². The van der Waals surface area contributed by atoms with Gasteiger partial charge >= 0.3 is 5.97 Å². The smallest absolute Gasteiger partial charge is 0.341 e. The van der Waals surface area contributed by atoms with Gasteiger partial charge in [0.05, 0.1) is 55.6 Å². The standard InChI is InChI=1S/C26H29FN6O6/c1-26(2,37)21(27)14-32-12-15-8-19(20(9-17(15)24(32)35)31-4-6-39-7-5-31)30-23(34)18-11-29-33-13-16(25(36)38-3)10-28-22(18)33/h8-11,13,21,37H,4-7,12,14H2,1-3H3,(H,30,34). The summed E-state index contributed by atoms with van der Waals surface area (Å²) in [6, 6.07) is 3.44. The summed E-state index contributed by atoms with van der Waals surface area (Å²) in [5.74, 6) is -1.40. The number of amides is 2. The lowest BCUT2D eigenvalue weighted by molar-refractivity contribution is -0.0159. The summed E-state index contributed by atoms with van der Waals surface area (Å²) < 4.78 is 26.1. The van der Waals surface area contributed by atoms with Crippen LogP contribution in [0.4, 0.5) is 15.8 Å². The number of morpholine rings is 1. The number of carbonyl (C=O) groups excluding carboxylic acids is 3. The quantitative estimate of drug-likeness (QED) is 0.429. The number of alkyl halides is 1. The maximum absolute atomic E-state index is 14.6. The summed E-state index contributed by atoms with van der Waals surface area (Å²) in [7, 11) is 1.26. The maximum Gasteiger partial charge on any atom is 0.341 e. The van der Waals surface area contributed by atoms with E-state index >= 15 is 0 Å². The monoisotopic (exact) mass is 540 g/mol. The summed E-state index contributed by atoms with van der Waals surface area (Å²) >= 11 is 0. The number of hydrogen-bond acceptors (Lipinski definition) is 9. The van der Waals surface area contributed by atoms with Crippen molar-refractivity contribution in [1.29, 1.82) is 0 Å². The largest absolute Gasteiger partial charge is 0.465 e. The third kappa shape index (κ3) is 5.14. The van der Waals surface area contributed by atoms with Crippen LogP contribution in [0.2, 0.25) is 0 Å². The highest BCUT2D eigenvalue weighted by Gasteiger charge is 2.36. The highest BCUT2D eigenvalue weighted by atomic mass is 19.1. The molecular formula is C26H29FN6O6. The average Bonchev–Trinajstić information content (AvgIpc) is 3.48. The Hall–Kier alpha value is -4.10. The number of methoxy groups -OCH3 is 1. The Morgan fingerprint density at radius 1 is 1.26 bits per heavy atom. The molecule has 2 N–H and O–H groups in total. The van der Waals surface area contributed by atoms with Crippen LogP contribution in [0, 0.1) is 0 Å². The number of esters is 1. The number of hydrogen-bond donors (Lipinski definition) is 2. The first kappa shape index (κ1) is 26.5. The van der Waals surface area contributed by atoms with Crippen molar-refractivity contribution in [3.8, 4) is 0 Å². The molecule has 1 fully saturated rings. The predicted molar refractivity (Wildman–Crippen MR) is 138 cm³/mol. The number of aromatic nitrogens is 3. The molecule has 13 heteroatoms. The Kier molecular flexibility index (Phi) is 6.95. The van der Waals surface area contributed by atoms with Gasteiger partial charge in [-0.15, -0.1) is 0 Å². The third-order valence-electron chi connectivity index (χ3n) is 6.87. The van der Waals surface area contributed by atoms with Crippen LogP contribution in [0.25, 0.3) is 5.65 Å². The summed E-state index contributed by atoms with van der Waals surface area (Å²) in [5, 5.41) is 17.1. The molecule has 5 rings (SSSR count). The van der Waals surface area contributed by atoms with Crippen LogP contribution in [0.5, 0.6) is 0 Å². The molecule has 0 bridgehead atoms. The lowest BCUT2D eigenvalue weighted by Crippen LogP contribution is -2.42. The Morgan fingerprint density at radius 2 is 2.00 bits per heavy atom. The van der Waals surface area contributed by atoms with Gasteiger partial charge in [0.2, 0.25) is 0 Å². The van der Waals surface area contributed by atoms with Gasteiger partial charge < -0.3 is 29.7 Å². The SMILES string of the molecule is COC(=O)c1cnc2c(C(=O)Nc3cc4c(cc3N3CCOCC3)C(=O)N(CC(F)C(C)(C)O)C4)cnn2c1. The zero-order valence-corrected chi connectivity index (χ0v) is 21.8. The molecule has 0 aliphatic carbocycles. The summed E-state index contributed by atoms with van der Waals surface area (Å²) in [5.41, 5.74) is 1.19. The van der Waals surface area contributed by atoms with E-state index in [1.165, 1.54) is 49.0 Å². The third-order valence-corrected chi connectivity index (χ3v) is 6.87. The van der Waals surface area contributed by atoms with E-state index in [-0.39, 0.29) is 35.8 Å². The first-order valence-corrected chi connectivity index (χ1v) is 12.4. The molecule has 1 aromatic carbocycles. The second-order valence-corrected chi connectivity index (χ2v) is 10.0. The van der Waals surface area contributed by atoms with E-state index < -0.39 is 23.6 Å². The molecule has 1 unspecified atom stereocenters. The molecule has 0 spiro atoms. The molecule has 2 amide bonds. The van der Waals surface area contributed by atoms with Crippen LogP contribution in [0.1, 0.15) is 50.5 Å². The van der Waals surface area contributed by atoms with E-state index in [9.17, 15) is 23.9 Å². The lowest BCUT2D eigenvalue weighted by atomic mass is 10.0. The Labute approximate surface area is 223 Å². The van der Waals surface area contributed by atoms with E-state index in [0.29, 0.717) is 48.8 Å². The van der Waals surface area contributed by atoms with Crippen LogP contribution in [0.3, 0.4) is 0 Å². The summed E-state index contributed by atoms with van der Waals surface area (Å²) in [4.78, 5) is 45.9. The van der Waals surface area contributed by atoms with Gasteiger partial charge in [0.15, 0.2) is 5.65 Å². The molecule has 3 aromatic rings. The number of carbonyl (C=O) groups is 3. The van der Waals surface area contributed by atoms with Gasteiger partial charge in [0.1, 0.15) is 11.7 Å². The van der Waals surface area contributed by atoms with Crippen molar-refractivity contribution < 1.29 is 33.4 Å². The van der Waals surface area contributed by atoms with E-state index in [1.807, 2.05) is 4.90 Å². The van der Waals surface area contributed by atoms with Gasteiger partial charge in [-0.2, -0.15) is 5.10 Å². The van der Waals surface area contributed by atoms with Crippen LogP contribution >= 0.6 is 0 Å². The topological polar surface area (TPSA) is 139 Å². The minimum absolute atomic E-state index is 0.144. The molecule has 1 atom stereocenters. The van der Waals surface area contributed by atoms with Gasteiger partial charge in [-0.05, 0) is 31.5 Å². The first-order valence-electron chi connectivity index (χ1n) is 12.4. The average molecular weight is 541 g/mol. The van der Waals surface area contributed by atoms with Gasteiger partial charge in [0, 0.05) is 37.6 Å². The second kappa shape index (κ2) is 10.2. The Balaban J connectivity index is 1.46. The molecule has 39 heavy (non-hydrogen) atoms. The molecule has 1 saturated heterocycles. The molecule has 2 aliphatic heterocycles.